The Balaban J connectivity index is 2.36. The highest BCUT2D eigenvalue weighted by Gasteiger charge is 2.00. The Morgan fingerprint density at radius 3 is 2.76 bits per heavy atom. The van der Waals surface area contributed by atoms with Crippen molar-refractivity contribution in [1.82, 2.24) is 4.98 Å². The van der Waals surface area contributed by atoms with E-state index in [9.17, 15) is 5.11 Å². The number of phenolic OH excluding ortho intramolecular Hbond substituents is 1. The van der Waals surface area contributed by atoms with Crippen LogP contribution in [0.3, 0.4) is 0 Å². The molecule has 1 aromatic heterocycles. The van der Waals surface area contributed by atoms with Gasteiger partial charge in [0, 0.05) is 23.7 Å². The zero-order chi connectivity index (χ0) is 12.3. The Bertz CT molecular complexity index is 547. The van der Waals surface area contributed by atoms with Gasteiger partial charge in [-0.15, -0.1) is 0 Å². The number of aryl methyl sites for hydroxylation is 1. The lowest BCUT2D eigenvalue weighted by Crippen LogP contribution is -1.94. The first-order valence-electron chi connectivity index (χ1n) is 5.42. The third-order valence-electron chi connectivity index (χ3n) is 2.55. The van der Waals surface area contributed by atoms with Crippen LogP contribution in [0.5, 0.6) is 5.75 Å². The smallest absolute Gasteiger partial charge is 0.115 e. The molecule has 2 aromatic rings. The fraction of sp³-hybridized carbons (Fsp3) is 0.143. The van der Waals surface area contributed by atoms with Gasteiger partial charge in [-0.25, -0.2) is 0 Å². The number of benzene rings is 1. The summed E-state index contributed by atoms with van der Waals surface area (Å²) in [5, 5.41) is 9.33. The molecule has 2 rings (SSSR count). The predicted molar refractivity (Wildman–Crippen MR) is 69.0 cm³/mol. The van der Waals surface area contributed by atoms with E-state index >= 15 is 0 Å². The van der Waals surface area contributed by atoms with Crippen molar-refractivity contribution in [2.75, 3.05) is 0 Å². The summed E-state index contributed by atoms with van der Waals surface area (Å²) >= 11 is 0. The number of aromatic nitrogens is 1. The van der Waals surface area contributed by atoms with Crippen molar-refractivity contribution < 1.29 is 5.11 Å². The fourth-order valence-electron chi connectivity index (χ4n) is 1.59. The van der Waals surface area contributed by atoms with Crippen LogP contribution in [-0.4, -0.2) is 15.8 Å². The monoisotopic (exact) mass is 226 g/mol. The van der Waals surface area contributed by atoms with Gasteiger partial charge in [0.2, 0.25) is 0 Å². The Morgan fingerprint density at radius 1 is 1.29 bits per heavy atom. The second-order valence-electron chi connectivity index (χ2n) is 3.91. The zero-order valence-electron chi connectivity index (χ0n) is 9.88. The van der Waals surface area contributed by atoms with Gasteiger partial charge in [-0.1, -0.05) is 6.07 Å². The summed E-state index contributed by atoms with van der Waals surface area (Å²) in [5.74, 6) is 0.264. The molecule has 0 atom stereocenters. The summed E-state index contributed by atoms with van der Waals surface area (Å²) < 4.78 is 0. The summed E-state index contributed by atoms with van der Waals surface area (Å²) in [6.07, 6.45) is 3.52. The van der Waals surface area contributed by atoms with Crippen LogP contribution in [0.2, 0.25) is 0 Å². The van der Waals surface area contributed by atoms with Gasteiger partial charge in [-0.2, -0.15) is 0 Å². The number of rotatable bonds is 2. The van der Waals surface area contributed by atoms with E-state index in [0.29, 0.717) is 0 Å². The number of aliphatic imine (C=N–C) groups is 1. The first kappa shape index (κ1) is 11.3. The van der Waals surface area contributed by atoms with E-state index in [1.165, 1.54) is 0 Å². The summed E-state index contributed by atoms with van der Waals surface area (Å²) in [6, 6.07) is 9.02. The first-order chi connectivity index (χ1) is 8.16. The summed E-state index contributed by atoms with van der Waals surface area (Å²) in [4.78, 5) is 8.60. The Hall–Kier alpha value is -2.16. The molecule has 0 spiro atoms. The first-order valence-corrected chi connectivity index (χ1v) is 5.42. The molecule has 0 bridgehead atoms. The number of aromatic hydroxyl groups is 1. The van der Waals surface area contributed by atoms with Gasteiger partial charge < -0.3 is 5.11 Å². The average Bonchev–Trinajstić information content (AvgIpc) is 2.34. The van der Waals surface area contributed by atoms with Crippen LogP contribution in [0.1, 0.15) is 18.1 Å². The standard InChI is InChI=1S/C14H14N2O/c1-10-8-13(17)5-6-14(10)16-11(2)12-4-3-7-15-9-12/h3-9,17H,1-2H3. The molecule has 1 heterocycles. The third kappa shape index (κ3) is 2.69. The molecule has 0 fully saturated rings. The van der Waals surface area contributed by atoms with Gasteiger partial charge in [-0.3, -0.25) is 9.98 Å². The maximum atomic E-state index is 9.33. The molecular weight excluding hydrogens is 212 g/mol. The molecule has 17 heavy (non-hydrogen) atoms. The van der Waals surface area contributed by atoms with Gasteiger partial charge in [0.1, 0.15) is 5.75 Å². The molecule has 3 nitrogen and oxygen atoms in total. The molecule has 86 valence electrons. The Kier molecular flexibility index (Phi) is 3.19. The van der Waals surface area contributed by atoms with Crippen molar-refractivity contribution in [3.05, 3.63) is 53.9 Å². The minimum atomic E-state index is 0.264. The lowest BCUT2D eigenvalue weighted by atomic mass is 10.1. The van der Waals surface area contributed by atoms with Gasteiger partial charge in [0.15, 0.2) is 0 Å². The van der Waals surface area contributed by atoms with Crippen LogP contribution in [0.15, 0.2) is 47.7 Å². The van der Waals surface area contributed by atoms with E-state index in [1.54, 1.807) is 24.5 Å². The van der Waals surface area contributed by atoms with Crippen molar-refractivity contribution in [2.24, 2.45) is 4.99 Å². The topological polar surface area (TPSA) is 45.5 Å². The van der Waals surface area contributed by atoms with Crippen molar-refractivity contribution in [1.29, 1.82) is 0 Å². The maximum Gasteiger partial charge on any atom is 0.115 e. The SMILES string of the molecule is CC(=Nc1ccc(O)cc1C)c1cccnc1. The highest BCUT2D eigenvalue weighted by molar-refractivity contribution is 6.00. The largest absolute Gasteiger partial charge is 0.508 e. The van der Waals surface area contributed by atoms with Crippen molar-refractivity contribution in [2.45, 2.75) is 13.8 Å². The van der Waals surface area contributed by atoms with Crippen LogP contribution < -0.4 is 0 Å². The van der Waals surface area contributed by atoms with Crippen molar-refractivity contribution in [3.63, 3.8) is 0 Å². The number of nitrogens with zero attached hydrogens (tertiary/aromatic N) is 2. The molecule has 0 aliphatic rings. The third-order valence-corrected chi connectivity index (χ3v) is 2.55. The Morgan fingerprint density at radius 2 is 2.12 bits per heavy atom. The lowest BCUT2D eigenvalue weighted by molar-refractivity contribution is 0.475. The van der Waals surface area contributed by atoms with E-state index in [4.69, 9.17) is 0 Å². The average molecular weight is 226 g/mol. The van der Waals surface area contributed by atoms with E-state index in [0.717, 1.165) is 22.5 Å². The van der Waals surface area contributed by atoms with Gasteiger partial charge in [0.05, 0.1) is 5.69 Å². The van der Waals surface area contributed by atoms with E-state index in [-0.39, 0.29) is 5.75 Å². The second kappa shape index (κ2) is 4.78. The van der Waals surface area contributed by atoms with Gasteiger partial charge in [-0.05, 0) is 43.7 Å². The van der Waals surface area contributed by atoms with Gasteiger partial charge >= 0.3 is 0 Å². The number of hydrogen-bond donors (Lipinski definition) is 1. The maximum absolute atomic E-state index is 9.33. The highest BCUT2D eigenvalue weighted by atomic mass is 16.3. The fourth-order valence-corrected chi connectivity index (χ4v) is 1.59. The lowest BCUT2D eigenvalue weighted by Gasteiger charge is -2.03. The van der Waals surface area contributed by atoms with Crippen molar-refractivity contribution in [3.8, 4) is 5.75 Å². The molecule has 0 radical (unpaired) electrons. The molecule has 0 saturated heterocycles. The summed E-state index contributed by atoms with van der Waals surface area (Å²) in [7, 11) is 0. The van der Waals surface area contributed by atoms with Crippen LogP contribution in [-0.2, 0) is 0 Å². The van der Waals surface area contributed by atoms with Crippen LogP contribution in [0.25, 0.3) is 0 Å². The molecule has 3 heteroatoms. The molecule has 1 aromatic carbocycles. The summed E-state index contributed by atoms with van der Waals surface area (Å²) in [5.41, 5.74) is 3.73. The molecular formula is C14H14N2O. The minimum Gasteiger partial charge on any atom is -0.508 e. The molecule has 1 N–H and O–H groups in total. The number of phenols is 1. The predicted octanol–water partition coefficient (Wildman–Crippen LogP) is 3.24. The van der Waals surface area contributed by atoms with E-state index in [2.05, 4.69) is 9.98 Å². The highest BCUT2D eigenvalue weighted by Crippen LogP contribution is 2.23. The summed E-state index contributed by atoms with van der Waals surface area (Å²) in [6.45, 7) is 3.87. The van der Waals surface area contributed by atoms with Gasteiger partial charge in [0.25, 0.3) is 0 Å². The molecule has 0 saturated carbocycles. The molecule has 0 amide bonds. The Labute approximate surface area is 100 Å². The van der Waals surface area contributed by atoms with Crippen LogP contribution in [0.4, 0.5) is 5.69 Å². The molecule has 0 unspecified atom stereocenters. The normalized spacial score (nSPS) is 11.5. The van der Waals surface area contributed by atoms with E-state index < -0.39 is 0 Å². The van der Waals surface area contributed by atoms with Crippen LogP contribution >= 0.6 is 0 Å². The number of pyridine rings is 1. The number of hydrogen-bond acceptors (Lipinski definition) is 3. The minimum absolute atomic E-state index is 0.264. The van der Waals surface area contributed by atoms with E-state index in [1.807, 2.05) is 32.0 Å². The molecule has 0 aliphatic carbocycles. The quantitative estimate of drug-likeness (QED) is 0.799. The second-order valence-corrected chi connectivity index (χ2v) is 3.91. The van der Waals surface area contributed by atoms with Crippen molar-refractivity contribution >= 4 is 11.4 Å². The zero-order valence-corrected chi connectivity index (χ0v) is 9.88. The molecule has 0 aliphatic heterocycles. The van der Waals surface area contributed by atoms with Crippen LogP contribution in [0, 0.1) is 6.92 Å².